The first kappa shape index (κ1) is 53.3. The molecule has 0 spiro atoms. The summed E-state index contributed by atoms with van der Waals surface area (Å²) in [4.78, 5) is 34.1. The van der Waals surface area contributed by atoms with E-state index in [1.54, 1.807) is 47.9 Å². The predicted octanol–water partition coefficient (Wildman–Crippen LogP) is 19.3. The van der Waals surface area contributed by atoms with Gasteiger partial charge in [0.05, 0.1) is 30.5 Å². The summed E-state index contributed by atoms with van der Waals surface area (Å²) in [6.07, 6.45) is 14.1. The number of thiophene rings is 4. The van der Waals surface area contributed by atoms with Gasteiger partial charge in [-0.3, -0.25) is 9.59 Å². The standard InChI is InChI=1S/C58H76N2O4S5/c1-15-17-19-21-23-25-31-63-51-47(40-28-29-42(66-40)55(5,6)7)49-50(60-69-59-49)48(52(51)64-32-26-24-22-20-18-16-2)58(13,14)57(11,12)43-30-27-39(65-43)41-33-37-45(35(3)61)54-38(34-44(68-54)56(8,9)10)46(36(4)62)53(37)67-41/h27-30,33-34H,15-26,31-32H2,1-14H3. The highest BCUT2D eigenvalue weighted by Gasteiger charge is 2.46. The Kier molecular flexibility index (Phi) is 16.8. The van der Waals surface area contributed by atoms with Gasteiger partial charge in [-0.1, -0.05) is 147 Å². The summed E-state index contributed by atoms with van der Waals surface area (Å²) >= 11 is 8.15. The molecule has 0 atom stereocenters. The molecule has 6 nitrogen and oxygen atoms in total. The molecule has 11 heteroatoms. The summed E-state index contributed by atoms with van der Waals surface area (Å²) in [5.41, 5.74) is 4.17. The summed E-state index contributed by atoms with van der Waals surface area (Å²) in [6.45, 7) is 31.8. The molecule has 0 saturated carbocycles. The van der Waals surface area contributed by atoms with Gasteiger partial charge in [0.15, 0.2) is 23.1 Å². The van der Waals surface area contributed by atoms with Gasteiger partial charge in [-0.25, -0.2) is 0 Å². The van der Waals surface area contributed by atoms with Crippen molar-refractivity contribution in [2.45, 2.75) is 196 Å². The highest BCUT2D eigenvalue weighted by atomic mass is 32.1. The first-order valence-electron chi connectivity index (χ1n) is 25.5. The zero-order valence-electron chi connectivity index (χ0n) is 43.9. The van der Waals surface area contributed by atoms with Crippen LogP contribution in [0.3, 0.4) is 0 Å². The summed E-state index contributed by atoms with van der Waals surface area (Å²) in [5.74, 6) is 1.64. The van der Waals surface area contributed by atoms with Crippen LogP contribution in [0.25, 0.3) is 51.4 Å². The maximum Gasteiger partial charge on any atom is 0.172 e. The number of rotatable bonds is 23. The number of hydrogen-bond donors (Lipinski definition) is 0. The largest absolute Gasteiger partial charge is 0.489 e. The Morgan fingerprint density at radius 1 is 0.507 bits per heavy atom. The Hall–Kier alpha value is -3.48. The highest BCUT2D eigenvalue weighted by molar-refractivity contribution is 7.27. The van der Waals surface area contributed by atoms with Crippen molar-refractivity contribution >= 4 is 99.8 Å². The normalized spacial score (nSPS) is 12.8. The van der Waals surface area contributed by atoms with Gasteiger partial charge in [0.2, 0.25) is 0 Å². The molecule has 0 radical (unpaired) electrons. The molecule has 0 aliphatic heterocycles. The molecule has 0 saturated heterocycles. The van der Waals surface area contributed by atoms with Gasteiger partial charge in [0.25, 0.3) is 0 Å². The first-order valence-corrected chi connectivity index (χ1v) is 29.5. The Balaban J connectivity index is 1.36. The number of benzene rings is 2. The molecule has 0 amide bonds. The van der Waals surface area contributed by atoms with E-state index in [0.29, 0.717) is 13.2 Å². The van der Waals surface area contributed by atoms with Gasteiger partial charge in [0.1, 0.15) is 11.0 Å². The Labute approximate surface area is 433 Å². The smallest absolute Gasteiger partial charge is 0.172 e. The van der Waals surface area contributed by atoms with E-state index >= 15 is 0 Å². The van der Waals surface area contributed by atoms with E-state index in [0.717, 1.165) is 105 Å². The van der Waals surface area contributed by atoms with Crippen molar-refractivity contribution in [1.29, 1.82) is 0 Å². The lowest BCUT2D eigenvalue weighted by molar-refractivity contribution is 0.101. The van der Waals surface area contributed by atoms with Crippen LogP contribution >= 0.6 is 57.1 Å². The number of ether oxygens (including phenoxy) is 2. The number of unbranched alkanes of at least 4 members (excludes halogenated alkanes) is 10. The molecule has 5 heterocycles. The average Bonchev–Trinajstić information content (AvgIpc) is 4.13. The van der Waals surface area contributed by atoms with Crippen LogP contribution in [0, 0.1) is 0 Å². The minimum absolute atomic E-state index is 0.00161. The van der Waals surface area contributed by atoms with Gasteiger partial charge in [0, 0.05) is 77.0 Å². The Morgan fingerprint density at radius 2 is 1.00 bits per heavy atom. The van der Waals surface area contributed by atoms with Crippen LogP contribution in [0.5, 0.6) is 11.5 Å². The molecule has 7 aromatic rings. The van der Waals surface area contributed by atoms with Crippen LogP contribution in [0.4, 0.5) is 0 Å². The molecule has 0 unspecified atom stereocenters. The lowest BCUT2D eigenvalue weighted by Gasteiger charge is -2.42. The van der Waals surface area contributed by atoms with E-state index in [-0.39, 0.29) is 22.4 Å². The molecule has 0 aliphatic carbocycles. The van der Waals surface area contributed by atoms with Gasteiger partial charge < -0.3 is 9.47 Å². The van der Waals surface area contributed by atoms with Gasteiger partial charge in [-0.15, -0.1) is 45.3 Å². The second-order valence-corrected chi connectivity index (χ2v) is 27.0. The lowest BCUT2D eigenvalue weighted by atomic mass is 9.62. The van der Waals surface area contributed by atoms with Crippen molar-refractivity contribution in [3.05, 3.63) is 67.7 Å². The lowest BCUT2D eigenvalue weighted by Crippen LogP contribution is -2.40. The third kappa shape index (κ3) is 11.0. The second kappa shape index (κ2) is 21.7. The molecule has 69 heavy (non-hydrogen) atoms. The number of ketones is 2. The minimum Gasteiger partial charge on any atom is -0.489 e. The predicted molar refractivity (Wildman–Crippen MR) is 302 cm³/mol. The number of carbonyl (C=O) groups excluding carboxylic acids is 2. The van der Waals surface area contributed by atoms with Crippen molar-refractivity contribution in [2.24, 2.45) is 0 Å². The molecule has 7 rings (SSSR count). The molecule has 372 valence electrons. The van der Waals surface area contributed by atoms with Crippen LogP contribution in [-0.2, 0) is 21.7 Å². The van der Waals surface area contributed by atoms with Crippen molar-refractivity contribution in [1.82, 2.24) is 8.75 Å². The first-order chi connectivity index (χ1) is 32.6. The van der Waals surface area contributed by atoms with Crippen LogP contribution < -0.4 is 9.47 Å². The zero-order valence-corrected chi connectivity index (χ0v) is 48.0. The van der Waals surface area contributed by atoms with E-state index in [4.69, 9.17) is 18.2 Å². The zero-order chi connectivity index (χ0) is 50.1. The third-order valence-electron chi connectivity index (χ3n) is 14.3. The number of fused-ring (bicyclic) bond motifs is 3. The molecule has 0 fully saturated rings. The van der Waals surface area contributed by atoms with Gasteiger partial charge in [-0.05, 0) is 73.9 Å². The fraction of sp³-hybridized carbons (Fsp3) is 0.552. The molecule has 0 bridgehead atoms. The van der Waals surface area contributed by atoms with E-state index < -0.39 is 10.8 Å². The maximum absolute atomic E-state index is 13.6. The number of hydrogen-bond acceptors (Lipinski definition) is 11. The number of Topliss-reactive ketones (excluding diaryl/α,β-unsaturated/α-hetero) is 2. The molecule has 2 aromatic carbocycles. The van der Waals surface area contributed by atoms with Crippen LogP contribution in [-0.4, -0.2) is 33.5 Å². The van der Waals surface area contributed by atoms with Gasteiger partial charge >= 0.3 is 0 Å². The van der Waals surface area contributed by atoms with Crippen molar-refractivity contribution < 1.29 is 19.1 Å². The monoisotopic (exact) mass is 1020 g/mol. The fourth-order valence-corrected chi connectivity index (χ4v) is 15.0. The van der Waals surface area contributed by atoms with Crippen LogP contribution in [0.1, 0.15) is 215 Å². The average molecular weight is 1030 g/mol. The minimum atomic E-state index is -0.527. The molecular formula is C58H76N2O4S5. The Bertz CT molecular complexity index is 2850. The Morgan fingerprint density at radius 3 is 1.57 bits per heavy atom. The van der Waals surface area contributed by atoms with Crippen molar-refractivity contribution in [2.75, 3.05) is 13.2 Å². The number of carbonyl (C=O) groups is 2. The highest BCUT2D eigenvalue weighted by Crippen LogP contribution is 2.58. The topological polar surface area (TPSA) is 78.4 Å². The summed E-state index contributed by atoms with van der Waals surface area (Å²) in [7, 11) is 0. The van der Waals surface area contributed by atoms with E-state index in [2.05, 4.69) is 119 Å². The van der Waals surface area contributed by atoms with E-state index in [1.165, 1.54) is 77.7 Å². The molecule has 0 N–H and O–H groups in total. The van der Waals surface area contributed by atoms with Crippen LogP contribution in [0.2, 0.25) is 0 Å². The van der Waals surface area contributed by atoms with Crippen LogP contribution in [0.15, 0.2) is 36.4 Å². The van der Waals surface area contributed by atoms with E-state index in [1.807, 2.05) is 11.3 Å². The molecule has 5 aromatic heterocycles. The summed E-state index contributed by atoms with van der Waals surface area (Å²) < 4.78 is 26.4. The van der Waals surface area contributed by atoms with Gasteiger partial charge in [-0.2, -0.15) is 8.75 Å². The number of aromatic nitrogens is 2. The SMILES string of the molecule is CCCCCCCCOc1c(OCCCCCCCC)c(C(C)(C)C(C)(C)c2ccc(-c3cc4c(C(C)=O)c5sc(C(C)(C)C)cc5c(C(C)=O)c4s3)s2)c2nsnc2c1-c1ccc(C(C)(C)C)s1. The fourth-order valence-electron chi connectivity index (χ4n) is 9.42. The molecular weight excluding hydrogens is 949 g/mol. The molecule has 0 aliphatic rings. The van der Waals surface area contributed by atoms with E-state index in [9.17, 15) is 9.59 Å². The van der Waals surface area contributed by atoms with Crippen molar-refractivity contribution in [3.8, 4) is 31.7 Å². The summed E-state index contributed by atoms with van der Waals surface area (Å²) in [6, 6.07) is 13.3. The number of nitrogens with zero attached hydrogens (tertiary/aromatic N) is 2. The van der Waals surface area contributed by atoms with Crippen molar-refractivity contribution in [3.63, 3.8) is 0 Å². The second-order valence-electron chi connectivity index (χ2n) is 22.2. The quantitative estimate of drug-likeness (QED) is 0.0469. The third-order valence-corrected chi connectivity index (χ3v) is 20.6. The maximum atomic E-state index is 13.6. The summed E-state index contributed by atoms with van der Waals surface area (Å²) in [5, 5.41) is 1.77.